The number of carbonyl (C=O) groups is 1. The monoisotopic (exact) mass is 266 g/mol. The van der Waals surface area contributed by atoms with Gasteiger partial charge in [-0.05, 0) is 13.3 Å². The van der Waals surface area contributed by atoms with E-state index in [1.165, 1.54) is 25.5 Å². The molecule has 0 saturated carbocycles. The average molecular weight is 266 g/mol. The van der Waals surface area contributed by atoms with Gasteiger partial charge in [-0.1, -0.05) is 6.92 Å². The van der Waals surface area contributed by atoms with Gasteiger partial charge >= 0.3 is 5.97 Å². The zero-order valence-corrected chi connectivity index (χ0v) is 12.0. The second kappa shape index (κ2) is 6.93. The van der Waals surface area contributed by atoms with Gasteiger partial charge in [0.2, 0.25) is 0 Å². The van der Waals surface area contributed by atoms with Gasteiger partial charge in [0, 0.05) is 26.7 Å². The molecule has 17 heavy (non-hydrogen) atoms. The topological polar surface area (TPSA) is 66.9 Å². The van der Waals surface area contributed by atoms with Crippen LogP contribution < -0.4 is 0 Å². The van der Waals surface area contributed by atoms with Crippen LogP contribution in [0.4, 0.5) is 0 Å². The van der Waals surface area contributed by atoms with Crippen molar-refractivity contribution in [1.82, 2.24) is 8.61 Å². The summed E-state index contributed by atoms with van der Waals surface area (Å²) in [6.45, 7) is 3.88. The van der Waals surface area contributed by atoms with Crippen molar-refractivity contribution in [1.29, 1.82) is 0 Å². The van der Waals surface area contributed by atoms with E-state index >= 15 is 0 Å². The smallest absolute Gasteiger partial charge is 0.306 e. The summed E-state index contributed by atoms with van der Waals surface area (Å²) < 4.78 is 31.0. The van der Waals surface area contributed by atoms with Crippen LogP contribution in [0.25, 0.3) is 0 Å². The van der Waals surface area contributed by atoms with E-state index in [1.54, 1.807) is 0 Å². The van der Waals surface area contributed by atoms with Crippen LogP contribution in [0.1, 0.15) is 26.7 Å². The molecule has 102 valence electrons. The minimum absolute atomic E-state index is 0.0561. The molecule has 0 aliphatic heterocycles. The number of methoxy groups -OCH3 is 1. The van der Waals surface area contributed by atoms with E-state index < -0.39 is 16.2 Å². The number of carbonyl (C=O) groups excluding carboxylic acids is 1. The fourth-order valence-corrected chi connectivity index (χ4v) is 2.54. The van der Waals surface area contributed by atoms with E-state index in [2.05, 4.69) is 4.74 Å². The fraction of sp³-hybridized carbons (Fsp3) is 0.900. The molecule has 0 spiro atoms. The molecule has 0 N–H and O–H groups in total. The van der Waals surface area contributed by atoms with Crippen LogP contribution in [0.5, 0.6) is 0 Å². The Morgan fingerprint density at radius 2 is 1.88 bits per heavy atom. The van der Waals surface area contributed by atoms with Crippen LogP contribution in [0.15, 0.2) is 0 Å². The fourth-order valence-electron chi connectivity index (χ4n) is 1.17. The van der Waals surface area contributed by atoms with Gasteiger partial charge in [-0.25, -0.2) is 0 Å². The molecular weight excluding hydrogens is 244 g/mol. The summed E-state index contributed by atoms with van der Waals surface area (Å²) in [5, 5.41) is 0. The lowest BCUT2D eigenvalue weighted by Crippen LogP contribution is -2.44. The highest BCUT2D eigenvalue weighted by atomic mass is 32.2. The van der Waals surface area contributed by atoms with Crippen molar-refractivity contribution in [3.05, 3.63) is 0 Å². The van der Waals surface area contributed by atoms with Crippen molar-refractivity contribution in [2.24, 2.45) is 0 Å². The summed E-state index contributed by atoms with van der Waals surface area (Å²) in [5.41, 5.74) is 0. The number of ether oxygens (including phenoxy) is 1. The molecule has 0 aromatic heterocycles. The lowest BCUT2D eigenvalue weighted by Gasteiger charge is -2.28. The highest BCUT2D eigenvalue weighted by molar-refractivity contribution is 7.86. The van der Waals surface area contributed by atoms with Gasteiger partial charge in [-0.15, -0.1) is 0 Å². The van der Waals surface area contributed by atoms with Crippen LogP contribution in [0.3, 0.4) is 0 Å². The molecule has 0 fully saturated rings. The van der Waals surface area contributed by atoms with Crippen molar-refractivity contribution in [2.75, 3.05) is 27.7 Å². The van der Waals surface area contributed by atoms with Gasteiger partial charge in [0.25, 0.3) is 10.2 Å². The maximum atomic E-state index is 12.0. The Kier molecular flexibility index (Phi) is 6.66. The summed E-state index contributed by atoms with van der Waals surface area (Å²) in [6.07, 6.45) is 0.793. The van der Waals surface area contributed by atoms with Crippen molar-refractivity contribution in [3.63, 3.8) is 0 Å². The molecule has 0 aliphatic carbocycles. The van der Waals surface area contributed by atoms with E-state index in [-0.39, 0.29) is 19.0 Å². The van der Waals surface area contributed by atoms with Gasteiger partial charge in [0.05, 0.1) is 13.5 Å². The maximum absolute atomic E-state index is 12.0. The molecule has 0 heterocycles. The average Bonchev–Trinajstić information content (AvgIpc) is 2.32. The van der Waals surface area contributed by atoms with E-state index in [0.717, 1.165) is 10.7 Å². The second-order valence-electron chi connectivity index (χ2n) is 3.93. The lowest BCUT2D eigenvalue weighted by molar-refractivity contribution is -0.140. The normalized spacial score (nSPS) is 14.1. The highest BCUT2D eigenvalue weighted by Crippen LogP contribution is 2.11. The number of hydrogen-bond acceptors (Lipinski definition) is 4. The van der Waals surface area contributed by atoms with Crippen LogP contribution in [0, 0.1) is 0 Å². The summed E-state index contributed by atoms with van der Waals surface area (Å²) >= 11 is 0. The van der Waals surface area contributed by atoms with Gasteiger partial charge in [0.1, 0.15) is 0 Å². The Morgan fingerprint density at radius 3 is 2.29 bits per heavy atom. The standard InChI is InChI=1S/C10H22N2O4S/c1-6-9(2)12(4)17(14,15)11(3)8-7-10(13)16-5/h9H,6-8H2,1-5H3. The molecule has 7 heteroatoms. The van der Waals surface area contributed by atoms with Crippen molar-refractivity contribution >= 4 is 16.2 Å². The zero-order valence-electron chi connectivity index (χ0n) is 11.1. The van der Waals surface area contributed by atoms with Crippen molar-refractivity contribution in [2.45, 2.75) is 32.7 Å². The zero-order chi connectivity index (χ0) is 13.6. The third kappa shape index (κ3) is 4.61. The highest BCUT2D eigenvalue weighted by Gasteiger charge is 2.26. The van der Waals surface area contributed by atoms with E-state index in [9.17, 15) is 13.2 Å². The summed E-state index contributed by atoms with van der Waals surface area (Å²) in [4.78, 5) is 10.9. The molecule has 6 nitrogen and oxygen atoms in total. The Balaban J connectivity index is 4.55. The van der Waals surface area contributed by atoms with Crippen LogP contribution in [-0.4, -0.2) is 56.8 Å². The first-order valence-corrected chi connectivity index (χ1v) is 6.93. The molecule has 0 aliphatic rings. The van der Waals surface area contributed by atoms with Crippen LogP contribution in [0.2, 0.25) is 0 Å². The molecular formula is C10H22N2O4S. The number of esters is 1. The molecule has 1 unspecified atom stereocenters. The minimum Gasteiger partial charge on any atom is -0.469 e. The van der Waals surface area contributed by atoms with Gasteiger partial charge in [0.15, 0.2) is 0 Å². The predicted molar refractivity (Wildman–Crippen MR) is 65.7 cm³/mol. The number of rotatable bonds is 7. The van der Waals surface area contributed by atoms with Crippen LogP contribution >= 0.6 is 0 Å². The third-order valence-corrected chi connectivity index (χ3v) is 4.89. The van der Waals surface area contributed by atoms with Gasteiger partial charge in [-0.3, -0.25) is 4.79 Å². The Hall–Kier alpha value is -0.660. The first kappa shape index (κ1) is 16.3. The quantitative estimate of drug-likeness (QED) is 0.628. The third-order valence-electron chi connectivity index (χ3n) is 2.83. The molecule has 0 aromatic carbocycles. The minimum atomic E-state index is -3.50. The van der Waals surface area contributed by atoms with E-state index in [1.807, 2.05) is 13.8 Å². The Labute approximate surface area is 104 Å². The summed E-state index contributed by atoms with van der Waals surface area (Å²) in [7, 11) is 0.780. The Morgan fingerprint density at radius 1 is 1.35 bits per heavy atom. The first-order chi connectivity index (χ1) is 7.77. The van der Waals surface area contributed by atoms with E-state index in [0.29, 0.717) is 0 Å². The molecule has 0 saturated heterocycles. The first-order valence-electron chi connectivity index (χ1n) is 5.53. The van der Waals surface area contributed by atoms with E-state index in [4.69, 9.17) is 0 Å². The summed E-state index contributed by atoms with van der Waals surface area (Å²) in [5.74, 6) is -0.418. The molecule has 0 radical (unpaired) electrons. The SMILES string of the molecule is CCC(C)N(C)S(=O)(=O)N(C)CCC(=O)OC. The van der Waals surface area contributed by atoms with Gasteiger partial charge < -0.3 is 4.74 Å². The van der Waals surface area contributed by atoms with Crippen molar-refractivity contribution in [3.8, 4) is 0 Å². The van der Waals surface area contributed by atoms with Gasteiger partial charge in [-0.2, -0.15) is 17.0 Å². The maximum Gasteiger partial charge on any atom is 0.306 e. The number of hydrogen-bond donors (Lipinski definition) is 0. The summed E-state index contributed by atoms with van der Waals surface area (Å²) in [6, 6.07) is -0.0689. The molecule has 0 rings (SSSR count). The molecule has 0 aromatic rings. The molecule has 1 atom stereocenters. The largest absolute Gasteiger partial charge is 0.469 e. The number of nitrogens with zero attached hydrogens (tertiary/aromatic N) is 2. The lowest BCUT2D eigenvalue weighted by atomic mass is 10.3. The molecule has 0 bridgehead atoms. The Bertz CT molecular complexity index is 342. The molecule has 0 amide bonds. The second-order valence-corrected chi connectivity index (χ2v) is 6.02. The van der Waals surface area contributed by atoms with Crippen LogP contribution in [-0.2, 0) is 19.7 Å². The predicted octanol–water partition coefficient (Wildman–Crippen LogP) is 0.456. The van der Waals surface area contributed by atoms with Crippen molar-refractivity contribution < 1.29 is 17.9 Å².